The highest BCUT2D eigenvalue weighted by atomic mass is 32.2. The molecule has 7 nitrogen and oxygen atoms in total. The van der Waals surface area contributed by atoms with E-state index < -0.39 is 19.9 Å². The number of nitrogens with zero attached hydrogens (tertiary/aromatic N) is 1. The highest BCUT2D eigenvalue weighted by Gasteiger charge is 2.21. The molecule has 0 fully saturated rings. The Balaban J connectivity index is 2.46. The number of sulfonamides is 1. The van der Waals surface area contributed by atoms with E-state index in [1.807, 2.05) is 0 Å². The van der Waals surface area contributed by atoms with Gasteiger partial charge in [-0.1, -0.05) is 0 Å². The molecule has 0 saturated heterocycles. The average Bonchev–Trinajstić information content (AvgIpc) is 2.76. The summed E-state index contributed by atoms with van der Waals surface area (Å²) in [6.45, 7) is 0.871. The first-order valence-electron chi connectivity index (χ1n) is 6.02. The molecule has 0 atom stereocenters. The van der Waals surface area contributed by atoms with E-state index in [9.17, 15) is 16.8 Å². The van der Waals surface area contributed by atoms with Crippen molar-refractivity contribution >= 4 is 19.9 Å². The molecule has 0 aliphatic heterocycles. The van der Waals surface area contributed by atoms with Crippen molar-refractivity contribution in [2.75, 3.05) is 32.6 Å². The van der Waals surface area contributed by atoms with Crippen LogP contribution >= 0.6 is 0 Å². The van der Waals surface area contributed by atoms with Crippen LogP contribution in [-0.2, 0) is 26.4 Å². The summed E-state index contributed by atoms with van der Waals surface area (Å²) >= 11 is 0. The van der Waals surface area contributed by atoms with Crippen LogP contribution in [0.4, 0.5) is 0 Å². The largest absolute Gasteiger partial charge is 0.447 e. The normalized spacial score (nSPS) is 13.0. The van der Waals surface area contributed by atoms with E-state index in [0.717, 1.165) is 4.31 Å². The highest BCUT2D eigenvalue weighted by molar-refractivity contribution is 7.90. The van der Waals surface area contributed by atoms with Gasteiger partial charge in [-0.15, -0.1) is 0 Å². The van der Waals surface area contributed by atoms with Crippen molar-refractivity contribution in [2.24, 2.45) is 0 Å². The third-order valence-corrected chi connectivity index (χ3v) is 5.26. The Morgan fingerprint density at radius 3 is 2.40 bits per heavy atom. The van der Waals surface area contributed by atoms with E-state index in [2.05, 4.69) is 5.32 Å². The van der Waals surface area contributed by atoms with Gasteiger partial charge in [0.15, 0.2) is 0 Å². The maximum atomic E-state index is 11.8. The summed E-state index contributed by atoms with van der Waals surface area (Å²) in [5.74, 6) is 0.614. The zero-order chi connectivity index (χ0) is 15.4. The fourth-order valence-electron chi connectivity index (χ4n) is 1.44. The Hall–Kier alpha value is -0.900. The molecule has 20 heavy (non-hydrogen) atoms. The summed E-state index contributed by atoms with van der Waals surface area (Å²) in [5.41, 5.74) is 0. The van der Waals surface area contributed by atoms with Crippen molar-refractivity contribution in [1.29, 1.82) is 0 Å². The standard InChI is InChI=1S/C11H20N2O5S2/c1-13(2)20(16,17)11-6-5-10(18-11)9-12-7-4-8-19(3,14)15/h5-6,12H,4,7-9H2,1-3H3. The van der Waals surface area contributed by atoms with Crippen LogP contribution in [0.1, 0.15) is 12.2 Å². The number of hydrogen-bond donors (Lipinski definition) is 1. The fraction of sp³-hybridized carbons (Fsp3) is 0.636. The number of furan rings is 1. The van der Waals surface area contributed by atoms with Crippen LogP contribution < -0.4 is 5.32 Å². The Kier molecular flexibility index (Phi) is 5.75. The molecule has 1 rings (SSSR count). The third-order valence-electron chi connectivity index (χ3n) is 2.54. The zero-order valence-electron chi connectivity index (χ0n) is 11.8. The van der Waals surface area contributed by atoms with Gasteiger partial charge in [-0.2, -0.15) is 0 Å². The molecule has 0 bridgehead atoms. The van der Waals surface area contributed by atoms with Crippen molar-refractivity contribution in [3.63, 3.8) is 0 Å². The van der Waals surface area contributed by atoms with Gasteiger partial charge in [0.05, 0.1) is 12.3 Å². The number of rotatable bonds is 8. The lowest BCUT2D eigenvalue weighted by atomic mass is 10.4. The van der Waals surface area contributed by atoms with Crippen molar-refractivity contribution in [2.45, 2.75) is 18.1 Å². The van der Waals surface area contributed by atoms with E-state index in [0.29, 0.717) is 25.3 Å². The highest BCUT2D eigenvalue weighted by Crippen LogP contribution is 2.16. The molecule has 0 aromatic carbocycles. The van der Waals surface area contributed by atoms with Crippen LogP contribution in [0.2, 0.25) is 0 Å². The first-order chi connectivity index (χ1) is 9.13. The molecule has 9 heteroatoms. The minimum absolute atomic E-state index is 0.101. The molecule has 1 aromatic rings. The van der Waals surface area contributed by atoms with Crippen molar-refractivity contribution in [3.8, 4) is 0 Å². The van der Waals surface area contributed by atoms with E-state index >= 15 is 0 Å². The SMILES string of the molecule is CN(C)S(=O)(=O)c1ccc(CNCCCS(C)(=O)=O)o1. The quantitative estimate of drug-likeness (QED) is 0.679. The smallest absolute Gasteiger partial charge is 0.275 e. The molecule has 1 aromatic heterocycles. The van der Waals surface area contributed by atoms with Gasteiger partial charge >= 0.3 is 0 Å². The molecule has 0 amide bonds. The molecule has 0 radical (unpaired) electrons. The molecule has 0 spiro atoms. The van der Waals surface area contributed by atoms with Crippen LogP contribution in [0.3, 0.4) is 0 Å². The monoisotopic (exact) mass is 324 g/mol. The third kappa shape index (κ3) is 5.23. The van der Waals surface area contributed by atoms with Crippen molar-refractivity contribution in [3.05, 3.63) is 17.9 Å². The fourth-order valence-corrected chi connectivity index (χ4v) is 2.92. The van der Waals surface area contributed by atoms with Gasteiger partial charge < -0.3 is 9.73 Å². The van der Waals surface area contributed by atoms with Crippen LogP contribution in [-0.4, -0.2) is 53.8 Å². The minimum Gasteiger partial charge on any atom is -0.447 e. The van der Waals surface area contributed by atoms with Gasteiger partial charge in [-0.25, -0.2) is 21.1 Å². The van der Waals surface area contributed by atoms with Gasteiger partial charge in [-0.05, 0) is 25.1 Å². The van der Waals surface area contributed by atoms with Crippen molar-refractivity contribution < 1.29 is 21.3 Å². The van der Waals surface area contributed by atoms with Crippen LogP contribution in [0.15, 0.2) is 21.6 Å². The summed E-state index contributed by atoms with van der Waals surface area (Å²) in [7, 11) is -3.63. The van der Waals surface area contributed by atoms with Crippen molar-refractivity contribution in [1.82, 2.24) is 9.62 Å². The van der Waals surface area contributed by atoms with E-state index in [1.54, 1.807) is 6.07 Å². The van der Waals surface area contributed by atoms with Crippen LogP contribution in [0.5, 0.6) is 0 Å². The molecule has 1 heterocycles. The number of sulfone groups is 1. The van der Waals surface area contributed by atoms with Crippen LogP contribution in [0.25, 0.3) is 0 Å². The summed E-state index contributed by atoms with van der Waals surface area (Å²) in [4.78, 5) is 0. The topological polar surface area (TPSA) is 96.7 Å². The average molecular weight is 324 g/mol. The molecule has 0 unspecified atom stereocenters. The molecule has 0 aliphatic carbocycles. The van der Waals surface area contributed by atoms with Crippen LogP contribution in [0, 0.1) is 0 Å². The minimum atomic E-state index is -3.55. The second kappa shape index (κ2) is 6.70. The maximum Gasteiger partial charge on any atom is 0.275 e. The molecule has 0 aliphatic rings. The first kappa shape index (κ1) is 17.2. The Bertz CT molecular complexity index is 632. The van der Waals surface area contributed by atoms with Gasteiger partial charge in [0.1, 0.15) is 15.6 Å². The summed E-state index contributed by atoms with van der Waals surface area (Å²) in [6, 6.07) is 2.99. The lowest BCUT2D eigenvalue weighted by molar-refractivity contribution is 0.389. The molecule has 116 valence electrons. The lowest BCUT2D eigenvalue weighted by Crippen LogP contribution is -2.21. The first-order valence-corrected chi connectivity index (χ1v) is 9.52. The van der Waals surface area contributed by atoms with Gasteiger partial charge in [0.25, 0.3) is 10.0 Å². The maximum absolute atomic E-state index is 11.8. The predicted octanol–water partition coefficient (Wildman–Crippen LogP) is 0.0542. The Morgan fingerprint density at radius 2 is 1.85 bits per heavy atom. The number of hydrogen-bond acceptors (Lipinski definition) is 6. The van der Waals surface area contributed by atoms with Gasteiger partial charge in [-0.3, -0.25) is 0 Å². The molecule has 0 saturated carbocycles. The van der Waals surface area contributed by atoms with E-state index in [4.69, 9.17) is 4.42 Å². The lowest BCUT2D eigenvalue weighted by Gasteiger charge is -2.07. The predicted molar refractivity (Wildman–Crippen MR) is 75.6 cm³/mol. The molecular formula is C11H20N2O5S2. The molecule has 1 N–H and O–H groups in total. The van der Waals surface area contributed by atoms with E-state index in [1.165, 1.54) is 26.4 Å². The number of nitrogens with one attached hydrogen (secondary N) is 1. The second-order valence-electron chi connectivity index (χ2n) is 4.67. The summed E-state index contributed by atoms with van der Waals surface area (Å²) in [6.07, 6.45) is 1.69. The summed E-state index contributed by atoms with van der Waals surface area (Å²) in [5, 5.41) is 2.90. The zero-order valence-corrected chi connectivity index (χ0v) is 13.4. The van der Waals surface area contributed by atoms with Gasteiger partial charge in [0.2, 0.25) is 5.09 Å². The Labute approximate surface area is 119 Å². The van der Waals surface area contributed by atoms with E-state index in [-0.39, 0.29) is 10.8 Å². The van der Waals surface area contributed by atoms with Gasteiger partial charge in [0, 0.05) is 20.4 Å². The Morgan fingerprint density at radius 1 is 1.20 bits per heavy atom. The summed E-state index contributed by atoms with van der Waals surface area (Å²) < 4.78 is 51.7. The molecular weight excluding hydrogens is 304 g/mol. The second-order valence-corrected chi connectivity index (χ2v) is 9.01.